The summed E-state index contributed by atoms with van der Waals surface area (Å²) < 4.78 is 5.79. The number of aromatic amines is 1. The molecule has 0 saturated carbocycles. The lowest BCUT2D eigenvalue weighted by molar-refractivity contribution is -0.0704. The van der Waals surface area contributed by atoms with Crippen LogP contribution in [0.2, 0.25) is 0 Å². The normalized spacial score (nSPS) is 20.8. The Morgan fingerprint density at radius 3 is 2.44 bits per heavy atom. The lowest BCUT2D eigenvalue weighted by Crippen LogP contribution is -2.44. The van der Waals surface area contributed by atoms with Gasteiger partial charge < -0.3 is 10.1 Å². The number of benzene rings is 1. The minimum absolute atomic E-state index is 0.154. The van der Waals surface area contributed by atoms with Crippen molar-refractivity contribution in [2.45, 2.75) is 58.9 Å². The maximum Gasteiger partial charge on any atom is 0.272 e. The molecule has 0 aliphatic carbocycles. The maximum absolute atomic E-state index is 12.2. The molecular weight excluding hydrogens is 340 g/mol. The number of hydrogen-bond donors (Lipinski definition) is 2. The molecule has 146 valence electrons. The first kappa shape index (κ1) is 19.6. The summed E-state index contributed by atoms with van der Waals surface area (Å²) in [7, 11) is 0. The van der Waals surface area contributed by atoms with Crippen LogP contribution in [-0.4, -0.2) is 46.3 Å². The summed E-state index contributed by atoms with van der Waals surface area (Å²) in [6.45, 7) is 11.7. The molecule has 1 amide bonds. The van der Waals surface area contributed by atoms with Gasteiger partial charge >= 0.3 is 0 Å². The van der Waals surface area contributed by atoms with Gasteiger partial charge in [0.25, 0.3) is 5.91 Å². The summed E-state index contributed by atoms with van der Waals surface area (Å²) in [6, 6.07) is 10.2. The first-order valence-corrected chi connectivity index (χ1v) is 9.70. The third-order valence-electron chi connectivity index (χ3n) is 4.83. The van der Waals surface area contributed by atoms with Gasteiger partial charge in [-0.2, -0.15) is 5.10 Å². The smallest absolute Gasteiger partial charge is 0.272 e. The molecule has 2 aromatic rings. The number of ether oxygens (including phenoxy) is 1. The molecule has 6 nitrogen and oxygen atoms in total. The number of hydrogen-bond acceptors (Lipinski definition) is 4. The standard InChI is InChI=1S/C21H30N4O2/c1-14(2)19-9-20(24-23-19)21(26)22-10-17-5-7-18(8-6-17)13-25-11-15(3)27-16(4)12-25/h5-9,14-16H,10-13H2,1-4H3,(H,22,26)(H,23,24). The molecule has 2 unspecified atom stereocenters. The van der Waals surface area contributed by atoms with E-state index in [2.05, 4.69) is 72.4 Å². The van der Waals surface area contributed by atoms with E-state index in [0.29, 0.717) is 18.2 Å². The monoisotopic (exact) mass is 370 g/mol. The van der Waals surface area contributed by atoms with Gasteiger partial charge in [-0.05, 0) is 37.0 Å². The molecular formula is C21H30N4O2. The SMILES string of the molecule is CC1CN(Cc2ccc(CNC(=O)c3cc(C(C)C)[nH]n3)cc2)CC(C)O1. The van der Waals surface area contributed by atoms with Crippen molar-refractivity contribution in [2.75, 3.05) is 13.1 Å². The van der Waals surface area contributed by atoms with E-state index in [4.69, 9.17) is 4.74 Å². The summed E-state index contributed by atoms with van der Waals surface area (Å²) in [6.07, 6.45) is 0.558. The lowest BCUT2D eigenvalue weighted by Gasteiger charge is -2.35. The fraction of sp³-hybridized carbons (Fsp3) is 0.524. The quantitative estimate of drug-likeness (QED) is 0.820. The molecule has 1 fully saturated rings. The minimum Gasteiger partial charge on any atom is -0.373 e. The van der Waals surface area contributed by atoms with Crippen molar-refractivity contribution in [3.05, 3.63) is 52.8 Å². The van der Waals surface area contributed by atoms with Gasteiger partial charge in [-0.15, -0.1) is 0 Å². The molecule has 0 radical (unpaired) electrons. The van der Waals surface area contributed by atoms with Gasteiger partial charge in [-0.3, -0.25) is 14.8 Å². The first-order chi connectivity index (χ1) is 12.9. The number of carbonyl (C=O) groups is 1. The number of amides is 1. The van der Waals surface area contributed by atoms with E-state index in [9.17, 15) is 4.79 Å². The van der Waals surface area contributed by atoms with Gasteiger partial charge in [0.05, 0.1) is 12.2 Å². The molecule has 0 bridgehead atoms. The zero-order chi connectivity index (χ0) is 19.4. The van der Waals surface area contributed by atoms with E-state index in [1.54, 1.807) is 0 Å². The molecule has 27 heavy (non-hydrogen) atoms. The van der Waals surface area contributed by atoms with Crippen LogP contribution in [0.5, 0.6) is 0 Å². The highest BCUT2D eigenvalue weighted by Crippen LogP contribution is 2.15. The Labute approximate surface area is 161 Å². The Kier molecular flexibility index (Phi) is 6.29. The highest BCUT2D eigenvalue weighted by Gasteiger charge is 2.22. The van der Waals surface area contributed by atoms with Crippen molar-refractivity contribution in [1.82, 2.24) is 20.4 Å². The van der Waals surface area contributed by atoms with Gasteiger partial charge in [0, 0.05) is 31.9 Å². The van der Waals surface area contributed by atoms with Gasteiger partial charge in [0.15, 0.2) is 0 Å². The van der Waals surface area contributed by atoms with Crippen molar-refractivity contribution in [2.24, 2.45) is 0 Å². The first-order valence-electron chi connectivity index (χ1n) is 9.70. The van der Waals surface area contributed by atoms with Crippen LogP contribution >= 0.6 is 0 Å². The minimum atomic E-state index is -0.154. The van der Waals surface area contributed by atoms with E-state index < -0.39 is 0 Å². The number of nitrogens with zero attached hydrogens (tertiary/aromatic N) is 2. The maximum atomic E-state index is 12.2. The number of carbonyl (C=O) groups excluding carboxylic acids is 1. The predicted octanol–water partition coefficient (Wildman–Crippen LogP) is 3.07. The summed E-state index contributed by atoms with van der Waals surface area (Å²) in [5, 5.41) is 9.93. The van der Waals surface area contributed by atoms with E-state index in [1.165, 1.54) is 5.56 Å². The van der Waals surface area contributed by atoms with Gasteiger partial charge in [-0.25, -0.2) is 0 Å². The Morgan fingerprint density at radius 2 is 1.85 bits per heavy atom. The molecule has 2 atom stereocenters. The van der Waals surface area contributed by atoms with Crippen molar-refractivity contribution in [3.8, 4) is 0 Å². The Hall–Kier alpha value is -2.18. The zero-order valence-electron chi connectivity index (χ0n) is 16.7. The van der Waals surface area contributed by atoms with Gasteiger partial charge in [0.1, 0.15) is 5.69 Å². The largest absolute Gasteiger partial charge is 0.373 e. The summed E-state index contributed by atoms with van der Waals surface area (Å²) in [5.74, 6) is 0.169. The number of H-pyrrole nitrogens is 1. The predicted molar refractivity (Wildman–Crippen MR) is 106 cm³/mol. The summed E-state index contributed by atoms with van der Waals surface area (Å²) >= 11 is 0. The van der Waals surface area contributed by atoms with Crippen LogP contribution in [0.25, 0.3) is 0 Å². The van der Waals surface area contributed by atoms with Gasteiger partial charge in [0.2, 0.25) is 0 Å². The third kappa shape index (κ3) is 5.40. The molecule has 1 aliphatic rings. The number of rotatable bonds is 6. The Bertz CT molecular complexity index is 744. The third-order valence-corrected chi connectivity index (χ3v) is 4.83. The van der Waals surface area contributed by atoms with Crippen LogP contribution in [0.1, 0.15) is 60.9 Å². The molecule has 3 rings (SSSR count). The van der Waals surface area contributed by atoms with E-state index in [-0.39, 0.29) is 18.1 Å². The van der Waals surface area contributed by atoms with Gasteiger partial charge in [-0.1, -0.05) is 38.1 Å². The number of aromatic nitrogens is 2. The van der Waals surface area contributed by atoms with Crippen LogP contribution in [0, 0.1) is 0 Å². The molecule has 2 N–H and O–H groups in total. The molecule has 1 saturated heterocycles. The second kappa shape index (κ2) is 8.67. The second-order valence-corrected chi connectivity index (χ2v) is 7.81. The van der Waals surface area contributed by atoms with Crippen LogP contribution in [0.15, 0.2) is 30.3 Å². The number of morpholine rings is 1. The zero-order valence-corrected chi connectivity index (χ0v) is 16.7. The summed E-state index contributed by atoms with van der Waals surface area (Å²) in [4.78, 5) is 14.7. The second-order valence-electron chi connectivity index (χ2n) is 7.81. The highest BCUT2D eigenvalue weighted by molar-refractivity contribution is 5.92. The average molecular weight is 370 g/mol. The Morgan fingerprint density at radius 1 is 1.22 bits per heavy atom. The Balaban J connectivity index is 1.50. The molecule has 1 aromatic heterocycles. The fourth-order valence-electron chi connectivity index (χ4n) is 3.46. The van der Waals surface area contributed by atoms with Crippen molar-refractivity contribution in [3.63, 3.8) is 0 Å². The topological polar surface area (TPSA) is 70.2 Å². The molecule has 2 heterocycles. The molecule has 0 spiro atoms. The number of nitrogens with one attached hydrogen (secondary N) is 2. The summed E-state index contributed by atoms with van der Waals surface area (Å²) in [5.41, 5.74) is 3.76. The molecule has 6 heteroatoms. The van der Waals surface area contributed by atoms with Crippen molar-refractivity contribution >= 4 is 5.91 Å². The van der Waals surface area contributed by atoms with E-state index in [0.717, 1.165) is 30.9 Å². The van der Waals surface area contributed by atoms with Crippen LogP contribution in [0.4, 0.5) is 0 Å². The van der Waals surface area contributed by atoms with Crippen LogP contribution in [-0.2, 0) is 17.8 Å². The van der Waals surface area contributed by atoms with Crippen molar-refractivity contribution in [1.29, 1.82) is 0 Å². The average Bonchev–Trinajstić information content (AvgIpc) is 3.10. The van der Waals surface area contributed by atoms with Crippen molar-refractivity contribution < 1.29 is 9.53 Å². The molecule has 1 aromatic carbocycles. The van der Waals surface area contributed by atoms with E-state index in [1.807, 2.05) is 6.07 Å². The van der Waals surface area contributed by atoms with Crippen LogP contribution in [0.3, 0.4) is 0 Å². The lowest BCUT2D eigenvalue weighted by atomic mass is 10.1. The van der Waals surface area contributed by atoms with Crippen LogP contribution < -0.4 is 5.32 Å². The fourth-order valence-corrected chi connectivity index (χ4v) is 3.46. The van der Waals surface area contributed by atoms with E-state index >= 15 is 0 Å². The highest BCUT2D eigenvalue weighted by atomic mass is 16.5. The molecule has 1 aliphatic heterocycles.